The van der Waals surface area contributed by atoms with Gasteiger partial charge in [0.1, 0.15) is 0 Å². The number of ether oxygens (including phenoxy) is 2. The SMILES string of the molecule is O=C(CC12CC3CC(CC(Br)(C3)C1)C2)OCC(=O)N1CCOCC1. The Balaban J connectivity index is 1.31. The number of nitrogens with zero attached hydrogens (tertiary/aromatic N) is 1. The van der Waals surface area contributed by atoms with E-state index in [4.69, 9.17) is 9.47 Å². The number of hydrogen-bond acceptors (Lipinski definition) is 4. The number of esters is 1. The molecule has 2 atom stereocenters. The lowest BCUT2D eigenvalue weighted by Gasteiger charge is -2.60. The summed E-state index contributed by atoms with van der Waals surface area (Å²) in [4.78, 5) is 26.2. The number of morpholine rings is 1. The third-order valence-electron chi connectivity index (χ3n) is 6.35. The van der Waals surface area contributed by atoms with Crippen molar-refractivity contribution >= 4 is 27.8 Å². The predicted molar refractivity (Wildman–Crippen MR) is 91.7 cm³/mol. The molecule has 4 bridgehead atoms. The molecule has 5 rings (SSSR count). The van der Waals surface area contributed by atoms with Crippen molar-refractivity contribution in [3.8, 4) is 0 Å². The molecule has 1 heterocycles. The Bertz CT molecular complexity index is 517. The average Bonchev–Trinajstić information content (AvgIpc) is 2.50. The molecule has 4 aliphatic carbocycles. The Hall–Kier alpha value is -0.620. The Labute approximate surface area is 151 Å². The van der Waals surface area contributed by atoms with E-state index >= 15 is 0 Å². The molecule has 1 aliphatic heterocycles. The Morgan fingerprint density at radius 2 is 1.79 bits per heavy atom. The van der Waals surface area contributed by atoms with Crippen LogP contribution in [0.2, 0.25) is 0 Å². The van der Waals surface area contributed by atoms with E-state index in [1.807, 2.05) is 0 Å². The second-order valence-electron chi connectivity index (χ2n) is 8.44. The number of halogens is 1. The smallest absolute Gasteiger partial charge is 0.306 e. The summed E-state index contributed by atoms with van der Waals surface area (Å²) >= 11 is 3.97. The second-order valence-corrected chi connectivity index (χ2v) is 10.1. The van der Waals surface area contributed by atoms with Crippen molar-refractivity contribution in [2.75, 3.05) is 32.9 Å². The number of rotatable bonds is 4. The molecule has 2 unspecified atom stereocenters. The summed E-state index contributed by atoms with van der Waals surface area (Å²) in [6, 6.07) is 0. The van der Waals surface area contributed by atoms with Gasteiger partial charge < -0.3 is 14.4 Å². The van der Waals surface area contributed by atoms with E-state index in [1.165, 1.54) is 19.3 Å². The van der Waals surface area contributed by atoms with Crippen LogP contribution in [0.15, 0.2) is 0 Å². The number of amides is 1. The first kappa shape index (κ1) is 16.8. The van der Waals surface area contributed by atoms with Crippen molar-refractivity contribution in [1.29, 1.82) is 0 Å². The van der Waals surface area contributed by atoms with Gasteiger partial charge in [-0.2, -0.15) is 0 Å². The molecule has 1 saturated heterocycles. The topological polar surface area (TPSA) is 55.8 Å². The highest BCUT2D eigenvalue weighted by atomic mass is 79.9. The van der Waals surface area contributed by atoms with Crippen LogP contribution in [0.4, 0.5) is 0 Å². The van der Waals surface area contributed by atoms with Crippen molar-refractivity contribution in [2.45, 2.75) is 49.3 Å². The quantitative estimate of drug-likeness (QED) is 0.538. The standard InChI is InChI=1S/C18H26BrNO4/c19-18-8-13-5-14(9-18)7-17(6-13,12-18)10-16(22)24-11-15(21)20-1-3-23-4-2-20/h13-14H,1-12H2. The minimum absolute atomic E-state index is 0.103. The first-order valence-corrected chi connectivity index (χ1v) is 9.95. The Morgan fingerprint density at radius 1 is 1.12 bits per heavy atom. The summed E-state index contributed by atoms with van der Waals surface area (Å²) in [7, 11) is 0. The van der Waals surface area contributed by atoms with Crippen LogP contribution in [0.5, 0.6) is 0 Å². The fraction of sp³-hybridized carbons (Fsp3) is 0.889. The maximum absolute atomic E-state index is 12.4. The van der Waals surface area contributed by atoms with Crippen molar-refractivity contribution in [3.63, 3.8) is 0 Å². The molecule has 0 spiro atoms. The van der Waals surface area contributed by atoms with Gasteiger partial charge in [0.05, 0.1) is 19.6 Å². The predicted octanol–water partition coefficient (Wildman–Crippen LogP) is 2.51. The van der Waals surface area contributed by atoms with Crippen molar-refractivity contribution in [3.05, 3.63) is 0 Å². The van der Waals surface area contributed by atoms with Gasteiger partial charge >= 0.3 is 5.97 Å². The molecule has 0 radical (unpaired) electrons. The number of carbonyl (C=O) groups is 2. The van der Waals surface area contributed by atoms with Crippen molar-refractivity contribution < 1.29 is 19.1 Å². The van der Waals surface area contributed by atoms with Crippen LogP contribution in [0.25, 0.3) is 0 Å². The molecule has 0 aromatic heterocycles. The lowest BCUT2D eigenvalue weighted by molar-refractivity contribution is -0.158. The van der Waals surface area contributed by atoms with E-state index in [0.29, 0.717) is 32.7 Å². The van der Waals surface area contributed by atoms with Gasteiger partial charge in [0.15, 0.2) is 6.61 Å². The minimum atomic E-state index is -0.199. The second kappa shape index (κ2) is 6.27. The van der Waals surface area contributed by atoms with E-state index in [0.717, 1.165) is 31.1 Å². The van der Waals surface area contributed by atoms with Gasteiger partial charge in [0.25, 0.3) is 5.91 Å². The zero-order valence-electron chi connectivity index (χ0n) is 14.1. The van der Waals surface area contributed by atoms with Gasteiger partial charge in [0.2, 0.25) is 0 Å². The summed E-state index contributed by atoms with van der Waals surface area (Å²) in [6.07, 6.45) is 7.72. The first-order valence-electron chi connectivity index (χ1n) is 9.15. The summed E-state index contributed by atoms with van der Waals surface area (Å²) in [5, 5.41) is 0. The Morgan fingerprint density at radius 3 is 2.42 bits per heavy atom. The molecular formula is C18H26BrNO4. The minimum Gasteiger partial charge on any atom is -0.456 e. The van der Waals surface area contributed by atoms with Gasteiger partial charge in [-0.05, 0) is 55.8 Å². The highest BCUT2D eigenvalue weighted by Crippen LogP contribution is 2.65. The number of carbonyl (C=O) groups excluding carboxylic acids is 2. The van der Waals surface area contributed by atoms with Gasteiger partial charge in [-0.3, -0.25) is 9.59 Å². The van der Waals surface area contributed by atoms with Gasteiger partial charge in [-0.25, -0.2) is 0 Å². The van der Waals surface area contributed by atoms with E-state index in [2.05, 4.69) is 15.9 Å². The van der Waals surface area contributed by atoms with Crippen LogP contribution in [-0.4, -0.2) is 54.0 Å². The van der Waals surface area contributed by atoms with Crippen molar-refractivity contribution in [1.82, 2.24) is 4.90 Å². The van der Waals surface area contributed by atoms with Crippen LogP contribution >= 0.6 is 15.9 Å². The molecule has 5 fully saturated rings. The van der Waals surface area contributed by atoms with E-state index < -0.39 is 0 Å². The molecule has 0 aromatic carbocycles. The first-order chi connectivity index (χ1) is 11.5. The van der Waals surface area contributed by atoms with Crippen molar-refractivity contribution in [2.24, 2.45) is 17.3 Å². The third kappa shape index (κ3) is 3.36. The van der Waals surface area contributed by atoms with E-state index in [9.17, 15) is 9.59 Å². The monoisotopic (exact) mass is 399 g/mol. The maximum atomic E-state index is 12.4. The molecule has 0 aromatic rings. The molecule has 5 nitrogen and oxygen atoms in total. The number of hydrogen-bond donors (Lipinski definition) is 0. The molecule has 6 heteroatoms. The summed E-state index contributed by atoms with van der Waals surface area (Å²) in [5.74, 6) is 1.21. The lowest BCUT2D eigenvalue weighted by atomic mass is 9.49. The molecule has 4 saturated carbocycles. The Kier molecular flexibility index (Phi) is 4.40. The summed E-state index contributed by atoms with van der Waals surface area (Å²) in [6.45, 7) is 2.20. The molecule has 24 heavy (non-hydrogen) atoms. The van der Waals surface area contributed by atoms with Crippen LogP contribution < -0.4 is 0 Å². The largest absolute Gasteiger partial charge is 0.456 e. The van der Waals surface area contributed by atoms with Crippen LogP contribution in [-0.2, 0) is 19.1 Å². The summed E-state index contributed by atoms with van der Waals surface area (Å²) in [5.41, 5.74) is 0.104. The summed E-state index contributed by atoms with van der Waals surface area (Å²) < 4.78 is 10.8. The van der Waals surface area contributed by atoms with Gasteiger partial charge in [-0.15, -0.1) is 0 Å². The van der Waals surface area contributed by atoms with Crippen LogP contribution in [0.1, 0.15) is 44.9 Å². The third-order valence-corrected chi connectivity index (χ3v) is 7.28. The normalized spacial score (nSPS) is 40.6. The van der Waals surface area contributed by atoms with E-state index in [-0.39, 0.29) is 28.2 Å². The van der Waals surface area contributed by atoms with Gasteiger partial charge in [-0.1, -0.05) is 15.9 Å². The van der Waals surface area contributed by atoms with Crippen LogP contribution in [0, 0.1) is 17.3 Å². The molecular weight excluding hydrogens is 374 g/mol. The highest BCUT2D eigenvalue weighted by Gasteiger charge is 2.57. The number of alkyl halides is 1. The zero-order valence-corrected chi connectivity index (χ0v) is 15.7. The average molecular weight is 400 g/mol. The van der Waals surface area contributed by atoms with Crippen LogP contribution in [0.3, 0.4) is 0 Å². The zero-order chi connectivity index (χ0) is 16.8. The lowest BCUT2D eigenvalue weighted by Crippen LogP contribution is -2.53. The fourth-order valence-corrected chi connectivity index (χ4v) is 7.46. The highest BCUT2D eigenvalue weighted by molar-refractivity contribution is 9.10. The maximum Gasteiger partial charge on any atom is 0.306 e. The van der Waals surface area contributed by atoms with E-state index in [1.54, 1.807) is 4.90 Å². The van der Waals surface area contributed by atoms with Gasteiger partial charge in [0, 0.05) is 17.4 Å². The molecule has 5 aliphatic rings. The molecule has 134 valence electrons. The molecule has 1 amide bonds. The molecule has 0 N–H and O–H groups in total. The fourth-order valence-electron chi connectivity index (χ4n) is 5.95.